The third-order valence-electron chi connectivity index (χ3n) is 7.91. The molecule has 0 radical (unpaired) electrons. The molecule has 2 aliphatic rings. The molecule has 5 heterocycles. The third kappa shape index (κ3) is 5.33. The Hall–Kier alpha value is -4.69. The fraction of sp³-hybridized carbons (Fsp3) is 0.290. The molecule has 0 spiro atoms. The molecule has 0 N–H and O–H groups in total. The summed E-state index contributed by atoms with van der Waals surface area (Å²) in [6.07, 6.45) is 2.84. The van der Waals surface area contributed by atoms with Gasteiger partial charge in [-0.3, -0.25) is 28.4 Å². The second-order valence-corrected chi connectivity index (χ2v) is 12.4. The van der Waals surface area contributed by atoms with Crippen LogP contribution in [0.4, 0.5) is 16.3 Å². The second kappa shape index (κ2) is 12.0. The first kappa shape index (κ1) is 30.3. The summed E-state index contributed by atoms with van der Waals surface area (Å²) in [6, 6.07) is 12.8. The van der Waals surface area contributed by atoms with Gasteiger partial charge in [0.15, 0.2) is 4.32 Å². The number of thioether (sulfide) groups is 1. The van der Waals surface area contributed by atoms with Gasteiger partial charge < -0.3 is 14.5 Å². The highest BCUT2D eigenvalue weighted by Crippen LogP contribution is 2.37. The van der Waals surface area contributed by atoms with Crippen LogP contribution in [0, 0.1) is 13.8 Å². The van der Waals surface area contributed by atoms with Gasteiger partial charge in [-0.1, -0.05) is 48.2 Å². The summed E-state index contributed by atoms with van der Waals surface area (Å²) in [7, 11) is 1.75. The Morgan fingerprint density at radius 1 is 1.02 bits per heavy atom. The smallest absolute Gasteiger partial charge is 0.409 e. The van der Waals surface area contributed by atoms with E-state index in [1.54, 1.807) is 42.7 Å². The van der Waals surface area contributed by atoms with Gasteiger partial charge in [0, 0.05) is 39.4 Å². The van der Waals surface area contributed by atoms with E-state index < -0.39 is 5.91 Å². The van der Waals surface area contributed by atoms with Crippen LogP contribution >= 0.6 is 24.0 Å². The predicted octanol–water partition coefficient (Wildman–Crippen LogP) is 3.49. The summed E-state index contributed by atoms with van der Waals surface area (Å²) in [5, 5.41) is 0. The summed E-state index contributed by atoms with van der Waals surface area (Å²) >= 11 is 6.67. The molecular weight excluding hydrogens is 615 g/mol. The summed E-state index contributed by atoms with van der Waals surface area (Å²) in [5.74, 6) is -0.0946. The maximum absolute atomic E-state index is 14.0. The Morgan fingerprint density at radius 2 is 1.73 bits per heavy atom. The van der Waals surface area contributed by atoms with Crippen molar-refractivity contribution < 1.29 is 14.3 Å². The number of nitrogens with zero attached hydrogens (tertiary/aromatic N) is 7. The van der Waals surface area contributed by atoms with E-state index in [2.05, 4.69) is 0 Å². The van der Waals surface area contributed by atoms with Crippen molar-refractivity contribution in [2.75, 3.05) is 42.6 Å². The van der Waals surface area contributed by atoms with Gasteiger partial charge in [0.05, 0.1) is 28.5 Å². The summed E-state index contributed by atoms with van der Waals surface area (Å²) in [5.41, 5.74) is 2.18. The van der Waals surface area contributed by atoms with E-state index in [4.69, 9.17) is 21.9 Å². The van der Waals surface area contributed by atoms with Crippen LogP contribution in [0.2, 0.25) is 0 Å². The lowest BCUT2D eigenvalue weighted by molar-refractivity contribution is -0.113. The molecule has 0 aliphatic carbocycles. The van der Waals surface area contributed by atoms with Crippen molar-refractivity contribution in [1.29, 1.82) is 0 Å². The maximum atomic E-state index is 14.0. The molecule has 6 rings (SSSR count). The number of hydrogen-bond acceptors (Lipinski definition) is 9. The van der Waals surface area contributed by atoms with Crippen molar-refractivity contribution in [1.82, 2.24) is 23.6 Å². The number of carbonyl (C=O) groups is 2. The number of hydrogen-bond donors (Lipinski definition) is 0. The van der Waals surface area contributed by atoms with E-state index in [1.165, 1.54) is 20.1 Å². The highest BCUT2D eigenvalue weighted by atomic mass is 32.2. The summed E-state index contributed by atoms with van der Waals surface area (Å²) in [6.45, 7) is 7.28. The lowest BCUT2D eigenvalue weighted by Gasteiger charge is -2.35. The maximum Gasteiger partial charge on any atom is 0.409 e. The number of aryl methyl sites for hydroxylation is 1. The predicted molar refractivity (Wildman–Crippen MR) is 178 cm³/mol. The molecule has 45 heavy (non-hydrogen) atoms. The number of carbonyl (C=O) groups excluding carboxylic acids is 2. The average molecular weight is 646 g/mol. The molecule has 1 aromatic carbocycles. The van der Waals surface area contributed by atoms with E-state index in [9.17, 15) is 19.2 Å². The summed E-state index contributed by atoms with van der Waals surface area (Å²) in [4.78, 5) is 63.8. The first-order valence-corrected chi connectivity index (χ1v) is 15.6. The lowest BCUT2D eigenvalue weighted by Crippen LogP contribution is -2.49. The average Bonchev–Trinajstić information content (AvgIpc) is 3.43. The van der Waals surface area contributed by atoms with Gasteiger partial charge in [0.25, 0.3) is 17.0 Å². The zero-order valence-corrected chi connectivity index (χ0v) is 26.9. The molecule has 2 fully saturated rings. The minimum atomic E-state index is -0.497. The van der Waals surface area contributed by atoms with E-state index >= 15 is 0 Å². The van der Waals surface area contributed by atoms with Crippen LogP contribution in [0.15, 0.2) is 63.2 Å². The van der Waals surface area contributed by atoms with Gasteiger partial charge in [0.2, 0.25) is 0 Å². The van der Waals surface area contributed by atoms with Gasteiger partial charge in [-0.25, -0.2) is 14.5 Å². The number of rotatable bonds is 5. The van der Waals surface area contributed by atoms with Crippen LogP contribution in [0.1, 0.15) is 23.7 Å². The number of anilines is 2. The first-order valence-electron chi connectivity index (χ1n) is 14.4. The monoisotopic (exact) mass is 645 g/mol. The first-order chi connectivity index (χ1) is 21.6. The van der Waals surface area contributed by atoms with Gasteiger partial charge in [-0.05, 0) is 50.6 Å². The quantitative estimate of drug-likeness (QED) is 0.238. The molecule has 2 amide bonds. The number of benzene rings is 1. The van der Waals surface area contributed by atoms with Gasteiger partial charge in [-0.2, -0.15) is 0 Å². The number of ether oxygens (including phenoxy) is 1. The van der Waals surface area contributed by atoms with Crippen molar-refractivity contribution >= 4 is 63.5 Å². The van der Waals surface area contributed by atoms with Crippen LogP contribution in [-0.4, -0.2) is 72.8 Å². The summed E-state index contributed by atoms with van der Waals surface area (Å²) < 4.78 is 9.97. The van der Waals surface area contributed by atoms with E-state index in [0.717, 1.165) is 17.3 Å². The molecule has 14 heteroatoms. The molecule has 2 saturated heterocycles. The van der Waals surface area contributed by atoms with Crippen molar-refractivity contribution in [2.24, 2.45) is 7.05 Å². The Balaban J connectivity index is 1.41. The Bertz CT molecular complexity index is 2010. The normalized spacial score (nSPS) is 16.4. The lowest BCUT2D eigenvalue weighted by atomic mass is 10.2. The molecule has 0 saturated carbocycles. The Kier molecular flexibility index (Phi) is 8.10. The number of piperazine rings is 1. The SMILES string of the molecule is CCOC(=O)N1CCN(c2nc3ccc(C)cn3c(=O)c2/C=C2/SC(=S)N(c3c(C)n(C)n(-c4ccccc4)c3=O)C2=O)CC1. The van der Waals surface area contributed by atoms with Crippen LogP contribution < -0.4 is 20.9 Å². The topological polar surface area (TPSA) is 114 Å². The third-order valence-corrected chi connectivity index (χ3v) is 9.21. The van der Waals surface area contributed by atoms with Crippen molar-refractivity contribution in [2.45, 2.75) is 20.8 Å². The van der Waals surface area contributed by atoms with Crippen LogP contribution in [0.3, 0.4) is 0 Å². The molecule has 0 bridgehead atoms. The molecule has 0 unspecified atom stereocenters. The second-order valence-electron chi connectivity index (χ2n) is 10.7. The molecular formula is C31H31N7O5S2. The Labute approximate surface area is 268 Å². The van der Waals surface area contributed by atoms with E-state index in [0.29, 0.717) is 49.0 Å². The van der Waals surface area contributed by atoms with Crippen LogP contribution in [0.5, 0.6) is 0 Å². The zero-order valence-electron chi connectivity index (χ0n) is 25.2. The molecule has 0 atom stereocenters. The number of fused-ring (bicyclic) bond motifs is 1. The fourth-order valence-corrected chi connectivity index (χ4v) is 6.79. The molecule has 12 nitrogen and oxygen atoms in total. The number of amides is 2. The number of pyridine rings is 1. The van der Waals surface area contributed by atoms with E-state index in [1.807, 2.05) is 48.2 Å². The number of aromatic nitrogens is 4. The largest absolute Gasteiger partial charge is 0.450 e. The van der Waals surface area contributed by atoms with Crippen molar-refractivity contribution in [3.8, 4) is 5.69 Å². The fourth-order valence-electron chi connectivity index (χ4n) is 5.53. The highest BCUT2D eigenvalue weighted by Gasteiger charge is 2.38. The molecule has 232 valence electrons. The van der Waals surface area contributed by atoms with Crippen LogP contribution in [0.25, 0.3) is 17.4 Å². The molecule has 2 aliphatic heterocycles. The Morgan fingerprint density at radius 3 is 2.42 bits per heavy atom. The molecule has 4 aromatic rings. The standard InChI is InChI=1S/C31H31N7O5S2/c1-5-43-30(42)35-15-13-34(14-16-35)26-22(27(39)36-18-19(2)11-12-24(36)32-26)17-23-28(40)37(31(44)45-23)25-20(3)33(4)38(29(25)41)21-9-7-6-8-10-21/h6-12,17-18H,5,13-16H2,1-4H3/b23-17+. The molecule has 3 aromatic heterocycles. The van der Waals surface area contributed by atoms with E-state index in [-0.39, 0.29) is 44.3 Å². The minimum absolute atomic E-state index is 0.159. The number of para-hydroxylation sites is 1. The van der Waals surface area contributed by atoms with Crippen LogP contribution in [-0.2, 0) is 16.6 Å². The van der Waals surface area contributed by atoms with Crippen molar-refractivity contribution in [3.05, 3.63) is 91.1 Å². The van der Waals surface area contributed by atoms with Gasteiger partial charge in [0.1, 0.15) is 17.2 Å². The van der Waals surface area contributed by atoms with Gasteiger partial charge >= 0.3 is 6.09 Å². The van der Waals surface area contributed by atoms with Gasteiger partial charge in [-0.15, -0.1) is 0 Å². The minimum Gasteiger partial charge on any atom is -0.450 e. The zero-order chi connectivity index (χ0) is 32.0. The number of thiocarbonyl (C=S) groups is 1. The highest BCUT2D eigenvalue weighted by molar-refractivity contribution is 8.27. The van der Waals surface area contributed by atoms with Crippen molar-refractivity contribution in [3.63, 3.8) is 0 Å².